The normalized spacial score (nSPS) is 10.5. The van der Waals surface area contributed by atoms with Crippen LogP contribution in [0.4, 0.5) is 22.7 Å². The number of hydrogen-bond acceptors (Lipinski definition) is 10. The van der Waals surface area contributed by atoms with Crippen molar-refractivity contribution in [3.05, 3.63) is 98.1 Å². The van der Waals surface area contributed by atoms with Crippen LogP contribution < -0.4 is 5.48 Å². The number of phenols is 1. The van der Waals surface area contributed by atoms with Gasteiger partial charge in [0.2, 0.25) is 0 Å². The Balaban J connectivity index is 1.64. The third-order valence-corrected chi connectivity index (χ3v) is 4.08. The molecule has 0 spiro atoms. The van der Waals surface area contributed by atoms with Crippen molar-refractivity contribution in [2.75, 3.05) is 5.48 Å². The van der Waals surface area contributed by atoms with Crippen LogP contribution in [0.5, 0.6) is 5.75 Å². The van der Waals surface area contributed by atoms with Crippen molar-refractivity contribution < 1.29 is 29.4 Å². The van der Waals surface area contributed by atoms with Crippen LogP contribution in [-0.4, -0.2) is 26.8 Å². The van der Waals surface area contributed by atoms with Gasteiger partial charge in [-0.05, 0) is 36.4 Å². The molecule has 13 heteroatoms. The molecule has 0 unspecified atom stereocenters. The highest BCUT2D eigenvalue weighted by molar-refractivity contribution is 5.97. The standard InChI is InChI=1S/C20H13N5O8/c26-18-4-2-1-3-17(18)19(27)22-21-13-5-7-14(8-6-13)23-33-20(28)12-9-15(24(29)30)11-16(10-12)25(31)32/h1-11,23,26H. The first-order valence-corrected chi connectivity index (χ1v) is 9.00. The Morgan fingerprint density at radius 2 is 1.52 bits per heavy atom. The number of benzene rings is 3. The minimum atomic E-state index is -1.08. The first-order chi connectivity index (χ1) is 15.7. The number of anilines is 1. The summed E-state index contributed by atoms with van der Waals surface area (Å²) < 4.78 is 0. The summed E-state index contributed by atoms with van der Waals surface area (Å²) >= 11 is 0. The topological polar surface area (TPSA) is 187 Å². The number of nitro benzene ring substituents is 2. The van der Waals surface area contributed by atoms with Gasteiger partial charge in [-0.3, -0.25) is 25.0 Å². The number of nitrogens with zero attached hydrogens (tertiary/aromatic N) is 4. The number of rotatable bonds is 7. The van der Waals surface area contributed by atoms with Crippen molar-refractivity contribution in [2.45, 2.75) is 0 Å². The van der Waals surface area contributed by atoms with Crippen molar-refractivity contribution in [1.29, 1.82) is 0 Å². The van der Waals surface area contributed by atoms with Crippen molar-refractivity contribution in [3.63, 3.8) is 0 Å². The summed E-state index contributed by atoms with van der Waals surface area (Å²) in [7, 11) is 0. The first-order valence-electron chi connectivity index (χ1n) is 9.00. The van der Waals surface area contributed by atoms with E-state index in [1.807, 2.05) is 0 Å². The van der Waals surface area contributed by atoms with Gasteiger partial charge in [0.25, 0.3) is 17.3 Å². The molecule has 0 radical (unpaired) electrons. The highest BCUT2D eigenvalue weighted by Crippen LogP contribution is 2.24. The molecule has 0 aliphatic rings. The molecule has 166 valence electrons. The minimum absolute atomic E-state index is 0.00663. The van der Waals surface area contributed by atoms with E-state index in [4.69, 9.17) is 4.84 Å². The zero-order valence-electron chi connectivity index (χ0n) is 16.4. The molecule has 0 heterocycles. The lowest BCUT2D eigenvalue weighted by Crippen LogP contribution is -2.11. The third-order valence-electron chi connectivity index (χ3n) is 4.08. The molecule has 2 N–H and O–H groups in total. The van der Waals surface area contributed by atoms with E-state index in [1.165, 1.54) is 36.4 Å². The van der Waals surface area contributed by atoms with Crippen LogP contribution in [0.1, 0.15) is 20.7 Å². The van der Waals surface area contributed by atoms with Gasteiger partial charge in [-0.2, -0.15) is 0 Å². The summed E-state index contributed by atoms with van der Waals surface area (Å²) in [6, 6.07) is 14.0. The quantitative estimate of drug-likeness (QED) is 0.299. The zero-order valence-corrected chi connectivity index (χ0v) is 16.4. The van der Waals surface area contributed by atoms with Crippen molar-refractivity contribution in [1.82, 2.24) is 0 Å². The summed E-state index contributed by atoms with van der Waals surface area (Å²) in [6.45, 7) is 0. The average Bonchev–Trinajstić information content (AvgIpc) is 2.81. The van der Waals surface area contributed by atoms with Gasteiger partial charge in [0.05, 0.1) is 38.4 Å². The number of nitrogens with one attached hydrogen (secondary N) is 1. The lowest BCUT2D eigenvalue weighted by Gasteiger charge is -2.07. The van der Waals surface area contributed by atoms with Gasteiger partial charge >= 0.3 is 5.97 Å². The maximum absolute atomic E-state index is 12.2. The summed E-state index contributed by atoms with van der Waals surface area (Å²) in [6.07, 6.45) is 0. The molecule has 0 saturated carbocycles. The number of non-ortho nitro benzene ring substituents is 2. The number of nitro groups is 2. The molecule has 3 aromatic rings. The Morgan fingerprint density at radius 3 is 2.09 bits per heavy atom. The molecule has 0 aliphatic heterocycles. The van der Waals surface area contributed by atoms with Gasteiger partial charge in [-0.1, -0.05) is 12.1 Å². The van der Waals surface area contributed by atoms with E-state index in [1.54, 1.807) is 12.1 Å². The molecular formula is C20H13N5O8. The van der Waals surface area contributed by atoms with Crippen LogP contribution in [0.2, 0.25) is 0 Å². The number of carbonyl (C=O) groups excluding carboxylic acids is 2. The molecule has 1 amide bonds. The van der Waals surface area contributed by atoms with Crippen LogP contribution in [0.15, 0.2) is 77.0 Å². The Labute approximate surface area is 184 Å². The van der Waals surface area contributed by atoms with Gasteiger partial charge in [0.1, 0.15) is 5.75 Å². The second kappa shape index (κ2) is 9.74. The highest BCUT2D eigenvalue weighted by atomic mass is 16.7. The van der Waals surface area contributed by atoms with E-state index < -0.39 is 38.7 Å². The van der Waals surface area contributed by atoms with Gasteiger partial charge < -0.3 is 9.94 Å². The fourth-order valence-electron chi connectivity index (χ4n) is 2.50. The van der Waals surface area contributed by atoms with Crippen LogP contribution in [0.3, 0.4) is 0 Å². The van der Waals surface area contributed by atoms with Crippen LogP contribution in [0, 0.1) is 20.2 Å². The van der Waals surface area contributed by atoms with Gasteiger partial charge in [-0.25, -0.2) is 10.3 Å². The van der Waals surface area contributed by atoms with Crippen LogP contribution >= 0.6 is 0 Å². The molecule has 0 bridgehead atoms. The molecule has 0 fully saturated rings. The number of phenolic OH excluding ortho intramolecular Hbond substituents is 1. The second-order valence-corrected chi connectivity index (χ2v) is 6.31. The van der Waals surface area contributed by atoms with E-state index in [0.717, 1.165) is 18.2 Å². The van der Waals surface area contributed by atoms with E-state index in [2.05, 4.69) is 15.7 Å². The highest BCUT2D eigenvalue weighted by Gasteiger charge is 2.21. The predicted octanol–water partition coefficient (Wildman–Crippen LogP) is 4.32. The largest absolute Gasteiger partial charge is 0.507 e. The lowest BCUT2D eigenvalue weighted by molar-refractivity contribution is -0.394. The smallest absolute Gasteiger partial charge is 0.363 e. The maximum atomic E-state index is 12.2. The Bertz CT molecular complexity index is 1240. The summed E-state index contributed by atoms with van der Waals surface area (Å²) in [5.41, 5.74) is 1.19. The number of hydrogen-bond donors (Lipinski definition) is 2. The van der Waals surface area contributed by atoms with Crippen LogP contribution in [-0.2, 0) is 4.84 Å². The molecule has 0 aromatic heterocycles. The van der Waals surface area contributed by atoms with Crippen molar-refractivity contribution >= 4 is 34.6 Å². The Morgan fingerprint density at radius 1 is 0.909 bits per heavy atom. The first kappa shape index (κ1) is 22.5. The summed E-state index contributed by atoms with van der Waals surface area (Å²) in [5.74, 6) is -2.05. The lowest BCUT2D eigenvalue weighted by atomic mass is 10.2. The molecule has 3 rings (SSSR count). The fourth-order valence-corrected chi connectivity index (χ4v) is 2.50. The van der Waals surface area contributed by atoms with E-state index in [-0.39, 0.29) is 22.7 Å². The zero-order chi connectivity index (χ0) is 24.0. The number of azo groups is 1. The monoisotopic (exact) mass is 451 g/mol. The maximum Gasteiger partial charge on any atom is 0.363 e. The minimum Gasteiger partial charge on any atom is -0.507 e. The molecule has 33 heavy (non-hydrogen) atoms. The summed E-state index contributed by atoms with van der Waals surface area (Å²) in [5, 5.41) is 38.8. The predicted molar refractivity (Wildman–Crippen MR) is 112 cm³/mol. The SMILES string of the molecule is O=C(ONc1ccc(N=NC(=O)c2ccccc2O)cc1)c1cc([N+](=O)[O-])cc([N+](=O)[O-])c1. The second-order valence-electron chi connectivity index (χ2n) is 6.31. The third kappa shape index (κ3) is 5.69. The number of aromatic hydroxyl groups is 1. The van der Waals surface area contributed by atoms with E-state index in [9.17, 15) is 34.9 Å². The van der Waals surface area contributed by atoms with Gasteiger partial charge in [0, 0.05) is 12.1 Å². The van der Waals surface area contributed by atoms with Crippen LogP contribution in [0.25, 0.3) is 0 Å². The molecule has 13 nitrogen and oxygen atoms in total. The van der Waals surface area contributed by atoms with E-state index in [0.29, 0.717) is 0 Å². The van der Waals surface area contributed by atoms with Gasteiger partial charge in [0.15, 0.2) is 0 Å². The molecule has 0 saturated heterocycles. The summed E-state index contributed by atoms with van der Waals surface area (Å²) in [4.78, 5) is 49.1. The molecular weight excluding hydrogens is 438 g/mol. The Kier molecular flexibility index (Phi) is 6.64. The Hall–Kier alpha value is -5.20. The van der Waals surface area contributed by atoms with Crippen molar-refractivity contribution in [3.8, 4) is 5.75 Å². The van der Waals surface area contributed by atoms with Gasteiger partial charge in [-0.15, -0.1) is 10.2 Å². The van der Waals surface area contributed by atoms with Crippen molar-refractivity contribution in [2.24, 2.45) is 10.2 Å². The number of para-hydroxylation sites is 1. The number of carbonyl (C=O) groups is 2. The van der Waals surface area contributed by atoms with E-state index >= 15 is 0 Å². The number of amides is 1. The molecule has 0 aliphatic carbocycles. The average molecular weight is 451 g/mol. The fraction of sp³-hybridized carbons (Fsp3) is 0. The molecule has 3 aromatic carbocycles. The molecule has 0 atom stereocenters.